The van der Waals surface area contributed by atoms with Crippen molar-refractivity contribution in [2.75, 3.05) is 33.0 Å². The highest BCUT2D eigenvalue weighted by atomic mass is 16.8. The summed E-state index contributed by atoms with van der Waals surface area (Å²) in [5.74, 6) is -1.51. The molecule has 5 aliphatic heterocycles. The standard InChI is InChI=1S/C61H105NO30/c1-24(17-28(67)51(80)61(9,82)23-85-54-47(79)43(75)40(72)31(20-64)88-54)11-10-14-60(8,81)50-27(66)18-34-58(6)16-13-35(57(4,5)33(58)12-15-59(34,50)7)90-56-49(45(77)41(73)32(89-56)22-84-53-46(78)38(70)29(68)21-83-53)92-55-48(44(76)37(69)25(2)86-55)91-52-36(62-26(3)65)42(74)39(71)30(19-63)87-52/h11,25,27-56,63-64,66-82H,10,12-23H2,1-9H3,(H,62,65)/b24-11+/t25-,27+,28-,29+,30+,31+,32+,33-,34+,35-,36+,37-,38-,39+,40+,41+,42+,43-,44+,45-,46+,47+,48+,49+,50+,51+,52-,53-,54+,55-,56-,58-,59+,60+,61-/m0/s1. The van der Waals surface area contributed by atoms with E-state index in [1.807, 2.05) is 13.8 Å². The Hall–Kier alpha value is -1.95. The van der Waals surface area contributed by atoms with E-state index in [0.717, 1.165) is 6.92 Å². The van der Waals surface area contributed by atoms with Gasteiger partial charge in [0.25, 0.3) is 0 Å². The number of ether oxygens (including phenoxy) is 10. The van der Waals surface area contributed by atoms with E-state index in [1.54, 1.807) is 19.9 Å². The Morgan fingerprint density at radius 1 is 0.620 bits per heavy atom. The summed E-state index contributed by atoms with van der Waals surface area (Å²) in [6, 6.07) is -1.52. The number of aliphatic hydroxyl groups is 19. The van der Waals surface area contributed by atoms with Crippen LogP contribution >= 0.6 is 0 Å². The molecule has 1 amide bonds. The second-order valence-electron chi connectivity index (χ2n) is 28.9. The number of fused-ring (bicyclic) bond motifs is 3. The minimum absolute atomic E-state index is 0.104. The first-order valence-electron chi connectivity index (χ1n) is 32.1. The van der Waals surface area contributed by atoms with Crippen molar-refractivity contribution in [2.24, 2.45) is 34.0 Å². The molecule has 3 aliphatic carbocycles. The van der Waals surface area contributed by atoms with Crippen molar-refractivity contribution in [1.29, 1.82) is 0 Å². The molecular weight excluding hydrogens is 1230 g/mol. The molecular formula is C61H105NO30. The van der Waals surface area contributed by atoms with E-state index in [9.17, 15) is 102 Å². The second-order valence-corrected chi connectivity index (χ2v) is 28.9. The molecule has 0 spiro atoms. The number of amides is 1. The maximum atomic E-state index is 12.5. The minimum Gasteiger partial charge on any atom is -0.394 e. The summed E-state index contributed by atoms with van der Waals surface area (Å²) in [5, 5.41) is 210. The van der Waals surface area contributed by atoms with Crippen molar-refractivity contribution in [2.45, 2.75) is 297 Å². The Bertz CT molecular complexity index is 2430. The van der Waals surface area contributed by atoms with E-state index < -0.39 is 244 Å². The Kier molecular flexibility index (Phi) is 24.6. The summed E-state index contributed by atoms with van der Waals surface area (Å²) >= 11 is 0. The van der Waals surface area contributed by atoms with Gasteiger partial charge in [-0.25, -0.2) is 0 Å². The molecule has 3 saturated carbocycles. The lowest BCUT2D eigenvalue weighted by Gasteiger charge is -2.64. The predicted molar refractivity (Wildman–Crippen MR) is 311 cm³/mol. The van der Waals surface area contributed by atoms with Gasteiger partial charge in [0.05, 0.1) is 63.1 Å². The lowest BCUT2D eigenvalue weighted by atomic mass is 9.42. The molecule has 0 radical (unpaired) electrons. The highest BCUT2D eigenvalue weighted by Gasteiger charge is 2.69. The SMILES string of the molecule is CC(=O)N[C@H]1[C@H](O[C@H]2[C@H](O[C@H]3[C@H](O[C@H]4CC[C@]5(C)[C@H]6C[C@@H](O)[C@@H]([C@](C)(O)CC/C=C(\C)C[C@H](O)[C@@H](O)[C@@](C)(O)CO[C@@H]7O[C@H](CO)[C@@H](O)[C@H](O)[C@H]7O)[C@]6(C)CC[C@H]5C4(C)C)O[C@H](CO[C@@H]4OC[C@@H](O)[C@H](O)[C@H]4O)[C@@H](O)[C@@H]3O)O[C@@H](C)[C@H](O)[C@H]2O)O[C@H](CO)[C@@H](O)[C@@H]1O. The van der Waals surface area contributed by atoms with Crippen molar-refractivity contribution < 1.29 is 149 Å². The van der Waals surface area contributed by atoms with E-state index in [4.69, 9.17) is 47.4 Å². The quantitative estimate of drug-likeness (QED) is 0.0334. The van der Waals surface area contributed by atoms with Crippen LogP contribution < -0.4 is 5.32 Å². The van der Waals surface area contributed by atoms with Crippen LogP contribution in [0.1, 0.15) is 114 Å². The molecule has 0 unspecified atom stereocenters. The summed E-state index contributed by atoms with van der Waals surface area (Å²) in [5.41, 5.74) is -4.70. The summed E-state index contributed by atoms with van der Waals surface area (Å²) < 4.78 is 60.0. The third-order valence-electron chi connectivity index (χ3n) is 21.8. The zero-order valence-electron chi connectivity index (χ0n) is 53.7. The third-order valence-corrected chi connectivity index (χ3v) is 21.8. The molecule has 8 fully saturated rings. The number of nitrogens with one attached hydrogen (secondary N) is 1. The van der Waals surface area contributed by atoms with Crippen molar-refractivity contribution in [1.82, 2.24) is 5.32 Å². The van der Waals surface area contributed by atoms with E-state index >= 15 is 0 Å². The van der Waals surface area contributed by atoms with Crippen molar-refractivity contribution in [3.8, 4) is 0 Å². The molecule has 0 aromatic carbocycles. The monoisotopic (exact) mass is 1330 g/mol. The molecule has 8 aliphatic rings. The largest absolute Gasteiger partial charge is 0.394 e. The molecule has 31 heteroatoms. The summed E-state index contributed by atoms with van der Waals surface area (Å²) in [7, 11) is 0. The molecule has 5 heterocycles. The summed E-state index contributed by atoms with van der Waals surface area (Å²) in [6.07, 6.45) is -38.2. The number of aliphatic hydroxyl groups excluding tert-OH is 17. The first kappa shape index (κ1) is 75.8. The van der Waals surface area contributed by atoms with Gasteiger partial charge in [0.2, 0.25) is 5.91 Å². The average molecular weight is 1330 g/mol. The number of carbonyl (C=O) groups excluding carboxylic acids is 1. The first-order valence-corrected chi connectivity index (χ1v) is 32.1. The van der Waals surface area contributed by atoms with Gasteiger partial charge < -0.3 is 150 Å². The van der Waals surface area contributed by atoms with E-state index in [1.165, 1.54) is 13.8 Å². The molecule has 534 valence electrons. The van der Waals surface area contributed by atoms with Gasteiger partial charge in [0.15, 0.2) is 31.5 Å². The highest BCUT2D eigenvalue weighted by molar-refractivity contribution is 5.73. The lowest BCUT2D eigenvalue weighted by Crippen LogP contribution is -2.68. The van der Waals surface area contributed by atoms with Gasteiger partial charge in [0, 0.05) is 12.8 Å². The van der Waals surface area contributed by atoms with E-state index in [-0.39, 0.29) is 24.7 Å². The van der Waals surface area contributed by atoms with Crippen LogP contribution in [0.5, 0.6) is 0 Å². The maximum absolute atomic E-state index is 12.5. The third kappa shape index (κ3) is 15.3. The average Bonchev–Trinajstić information content (AvgIpc) is 1.55. The van der Waals surface area contributed by atoms with Crippen LogP contribution in [0.2, 0.25) is 0 Å². The van der Waals surface area contributed by atoms with Gasteiger partial charge in [-0.1, -0.05) is 39.3 Å². The van der Waals surface area contributed by atoms with Crippen molar-refractivity contribution >= 4 is 5.91 Å². The molecule has 31 nitrogen and oxygen atoms in total. The molecule has 35 atom stereocenters. The number of allylic oxidation sites excluding steroid dienone is 1. The van der Waals surface area contributed by atoms with Gasteiger partial charge >= 0.3 is 0 Å². The Morgan fingerprint density at radius 2 is 1.17 bits per heavy atom. The molecule has 8 rings (SSSR count). The lowest BCUT2D eigenvalue weighted by molar-refractivity contribution is -0.394. The summed E-state index contributed by atoms with van der Waals surface area (Å²) in [6.45, 7) is 12.3. The van der Waals surface area contributed by atoms with Crippen molar-refractivity contribution in [3.05, 3.63) is 11.6 Å². The van der Waals surface area contributed by atoms with Gasteiger partial charge in [-0.2, -0.15) is 0 Å². The van der Waals surface area contributed by atoms with Gasteiger partial charge in [-0.15, -0.1) is 0 Å². The van der Waals surface area contributed by atoms with Crippen LogP contribution in [0.3, 0.4) is 0 Å². The topological polar surface area (TPSA) is 506 Å². The normalized spacial score (nSPS) is 48.7. The van der Waals surface area contributed by atoms with Crippen LogP contribution in [0.4, 0.5) is 0 Å². The molecule has 0 aromatic heterocycles. The van der Waals surface area contributed by atoms with E-state index in [2.05, 4.69) is 19.2 Å². The molecule has 0 bridgehead atoms. The van der Waals surface area contributed by atoms with E-state index in [0.29, 0.717) is 44.1 Å². The Morgan fingerprint density at radius 3 is 1.80 bits per heavy atom. The fraction of sp³-hybridized carbons (Fsp3) is 0.951. The van der Waals surface area contributed by atoms with Gasteiger partial charge in [-0.3, -0.25) is 4.79 Å². The van der Waals surface area contributed by atoms with Crippen molar-refractivity contribution in [3.63, 3.8) is 0 Å². The number of hydrogen-bond acceptors (Lipinski definition) is 30. The smallest absolute Gasteiger partial charge is 0.217 e. The maximum Gasteiger partial charge on any atom is 0.217 e. The van der Waals surface area contributed by atoms with Crippen LogP contribution in [-0.2, 0) is 52.2 Å². The number of hydrogen-bond donors (Lipinski definition) is 20. The Balaban J connectivity index is 0.969. The first-order chi connectivity index (χ1) is 42.9. The molecule has 0 aromatic rings. The van der Waals surface area contributed by atoms with Crippen LogP contribution in [0.15, 0.2) is 11.6 Å². The van der Waals surface area contributed by atoms with Crippen LogP contribution in [0.25, 0.3) is 0 Å². The zero-order valence-corrected chi connectivity index (χ0v) is 53.7. The fourth-order valence-electron chi connectivity index (χ4n) is 16.6. The number of carbonyl (C=O) groups is 1. The van der Waals surface area contributed by atoms with Crippen LogP contribution in [0, 0.1) is 34.0 Å². The zero-order chi connectivity index (χ0) is 68.2. The number of rotatable bonds is 23. The highest BCUT2D eigenvalue weighted by Crippen LogP contribution is 2.71. The summed E-state index contributed by atoms with van der Waals surface area (Å²) in [4.78, 5) is 12.4. The molecule has 92 heavy (non-hydrogen) atoms. The minimum atomic E-state index is -2.11. The van der Waals surface area contributed by atoms with Gasteiger partial charge in [-0.05, 0) is 107 Å². The molecule has 5 saturated heterocycles. The van der Waals surface area contributed by atoms with Crippen LogP contribution in [-0.4, -0.2) is 319 Å². The van der Waals surface area contributed by atoms with Gasteiger partial charge in [0.1, 0.15) is 122 Å². The second kappa shape index (κ2) is 29.9. The molecule has 20 N–H and O–H groups in total. The predicted octanol–water partition coefficient (Wildman–Crippen LogP) is -6.15. The fourth-order valence-corrected chi connectivity index (χ4v) is 16.6. The Labute approximate surface area is 534 Å².